The van der Waals surface area contributed by atoms with Crippen LogP contribution >= 0.6 is 23.1 Å². The van der Waals surface area contributed by atoms with Crippen molar-refractivity contribution in [2.75, 3.05) is 5.75 Å². The standard InChI is InChI=1S/C24H25NO2S2/c1-16(2)17-6-8-19(9-7-17)24-25-21(14-29-24)13-27-23(26)15-28-22-11-10-18-4-3-5-20(18)12-22/h6-12,14,16H,3-5,13,15H2,1-2H3. The lowest BCUT2D eigenvalue weighted by Gasteiger charge is -2.06. The number of thioether (sulfide) groups is 1. The van der Waals surface area contributed by atoms with Crippen molar-refractivity contribution in [3.63, 3.8) is 0 Å². The van der Waals surface area contributed by atoms with Gasteiger partial charge in [-0.15, -0.1) is 23.1 Å². The minimum atomic E-state index is -0.202. The fourth-order valence-electron chi connectivity index (χ4n) is 3.49. The number of hydrogen-bond acceptors (Lipinski definition) is 5. The number of carbonyl (C=O) groups excluding carboxylic acids is 1. The maximum Gasteiger partial charge on any atom is 0.316 e. The molecule has 0 saturated heterocycles. The minimum absolute atomic E-state index is 0.202. The van der Waals surface area contributed by atoms with E-state index in [9.17, 15) is 4.79 Å². The molecule has 3 nitrogen and oxygen atoms in total. The topological polar surface area (TPSA) is 39.2 Å². The number of aryl methyl sites for hydroxylation is 2. The van der Waals surface area contributed by atoms with Gasteiger partial charge in [0, 0.05) is 15.8 Å². The SMILES string of the molecule is CC(C)c1ccc(-c2nc(COC(=O)CSc3ccc4c(c3)CCC4)cs2)cc1. The number of benzene rings is 2. The molecule has 0 atom stereocenters. The van der Waals surface area contributed by atoms with Crippen molar-refractivity contribution in [1.29, 1.82) is 0 Å². The highest BCUT2D eigenvalue weighted by atomic mass is 32.2. The Morgan fingerprint density at radius 3 is 2.72 bits per heavy atom. The number of fused-ring (bicyclic) bond motifs is 1. The molecule has 29 heavy (non-hydrogen) atoms. The molecule has 1 aliphatic rings. The zero-order valence-corrected chi connectivity index (χ0v) is 18.4. The summed E-state index contributed by atoms with van der Waals surface area (Å²) in [6.45, 7) is 4.60. The summed E-state index contributed by atoms with van der Waals surface area (Å²) >= 11 is 3.13. The number of aromatic nitrogens is 1. The van der Waals surface area contributed by atoms with Crippen molar-refractivity contribution >= 4 is 29.1 Å². The minimum Gasteiger partial charge on any atom is -0.459 e. The summed E-state index contributed by atoms with van der Waals surface area (Å²) in [6.07, 6.45) is 3.57. The van der Waals surface area contributed by atoms with Crippen molar-refractivity contribution in [2.24, 2.45) is 0 Å². The molecule has 1 aliphatic carbocycles. The highest BCUT2D eigenvalue weighted by Gasteiger charge is 2.13. The Balaban J connectivity index is 1.27. The largest absolute Gasteiger partial charge is 0.459 e. The normalized spacial score (nSPS) is 12.9. The van der Waals surface area contributed by atoms with Crippen LogP contribution in [0.4, 0.5) is 0 Å². The van der Waals surface area contributed by atoms with Crippen molar-refractivity contribution in [2.45, 2.75) is 50.5 Å². The molecule has 1 heterocycles. The maximum atomic E-state index is 12.1. The first-order valence-electron chi connectivity index (χ1n) is 10.0. The summed E-state index contributed by atoms with van der Waals surface area (Å²) in [4.78, 5) is 17.9. The summed E-state index contributed by atoms with van der Waals surface area (Å²) in [5.74, 6) is 0.642. The van der Waals surface area contributed by atoms with Crippen LogP contribution in [0.3, 0.4) is 0 Å². The number of nitrogens with zero attached hydrogens (tertiary/aromatic N) is 1. The second kappa shape index (κ2) is 9.14. The Hall–Kier alpha value is -2.11. The van der Waals surface area contributed by atoms with Crippen molar-refractivity contribution in [1.82, 2.24) is 4.98 Å². The van der Waals surface area contributed by atoms with Crippen molar-refractivity contribution in [3.8, 4) is 10.6 Å². The summed E-state index contributed by atoms with van der Waals surface area (Å²) < 4.78 is 5.43. The third-order valence-electron chi connectivity index (χ3n) is 5.18. The third kappa shape index (κ3) is 5.09. The molecule has 0 radical (unpaired) electrons. The molecular formula is C24H25NO2S2. The third-order valence-corrected chi connectivity index (χ3v) is 7.09. The van der Waals surface area contributed by atoms with Crippen LogP contribution in [0, 0.1) is 0 Å². The second-order valence-electron chi connectivity index (χ2n) is 7.65. The van der Waals surface area contributed by atoms with Crippen LogP contribution in [0.1, 0.15) is 48.6 Å². The summed E-state index contributed by atoms with van der Waals surface area (Å²) in [7, 11) is 0. The van der Waals surface area contributed by atoms with E-state index in [2.05, 4.69) is 61.3 Å². The molecule has 4 rings (SSSR count). The Morgan fingerprint density at radius 1 is 1.14 bits per heavy atom. The molecule has 150 valence electrons. The van der Waals surface area contributed by atoms with Gasteiger partial charge >= 0.3 is 5.97 Å². The monoisotopic (exact) mass is 423 g/mol. The fourth-order valence-corrected chi connectivity index (χ4v) is 5.06. The molecule has 0 fully saturated rings. The van der Waals surface area contributed by atoms with Gasteiger partial charge in [0.25, 0.3) is 0 Å². The van der Waals surface area contributed by atoms with Gasteiger partial charge in [-0.1, -0.05) is 44.2 Å². The summed E-state index contributed by atoms with van der Waals surface area (Å²) in [5.41, 5.74) is 6.10. The van der Waals surface area contributed by atoms with Gasteiger partial charge in [0.05, 0.1) is 11.4 Å². The average Bonchev–Trinajstić information content (AvgIpc) is 3.39. The van der Waals surface area contributed by atoms with Crippen LogP contribution in [0.25, 0.3) is 10.6 Å². The van der Waals surface area contributed by atoms with Crippen molar-refractivity contribution < 1.29 is 9.53 Å². The Kier molecular flexibility index (Phi) is 6.36. The number of thiazole rings is 1. The van der Waals surface area contributed by atoms with E-state index in [0.29, 0.717) is 11.7 Å². The van der Waals surface area contributed by atoms with E-state index in [1.807, 2.05) is 5.38 Å². The van der Waals surface area contributed by atoms with Crippen LogP contribution in [0.2, 0.25) is 0 Å². The predicted octanol–water partition coefficient (Wildman–Crippen LogP) is 6.26. The lowest BCUT2D eigenvalue weighted by atomic mass is 10.0. The van der Waals surface area contributed by atoms with Gasteiger partial charge in [-0.3, -0.25) is 4.79 Å². The molecule has 0 spiro atoms. The summed E-state index contributed by atoms with van der Waals surface area (Å²) in [5, 5.41) is 2.92. The van der Waals surface area contributed by atoms with Gasteiger partial charge in [-0.25, -0.2) is 4.98 Å². The quantitative estimate of drug-likeness (QED) is 0.332. The number of ether oxygens (including phenoxy) is 1. The Morgan fingerprint density at radius 2 is 1.93 bits per heavy atom. The molecule has 0 N–H and O–H groups in total. The molecule has 0 unspecified atom stereocenters. The van der Waals surface area contributed by atoms with E-state index in [1.165, 1.54) is 29.5 Å². The first kappa shape index (κ1) is 20.2. The highest BCUT2D eigenvalue weighted by Crippen LogP contribution is 2.28. The maximum absolute atomic E-state index is 12.1. The van der Waals surface area contributed by atoms with Gasteiger partial charge in [-0.2, -0.15) is 0 Å². The van der Waals surface area contributed by atoms with Crippen LogP contribution in [0.15, 0.2) is 52.7 Å². The van der Waals surface area contributed by atoms with Gasteiger partial charge in [0.1, 0.15) is 11.6 Å². The lowest BCUT2D eigenvalue weighted by Crippen LogP contribution is -2.07. The van der Waals surface area contributed by atoms with Crippen LogP contribution in [0.5, 0.6) is 0 Å². The van der Waals surface area contributed by atoms with Crippen molar-refractivity contribution in [3.05, 3.63) is 70.2 Å². The van der Waals surface area contributed by atoms with Gasteiger partial charge in [-0.05, 0) is 54.0 Å². The predicted molar refractivity (Wildman–Crippen MR) is 121 cm³/mol. The second-order valence-corrected chi connectivity index (χ2v) is 9.56. The lowest BCUT2D eigenvalue weighted by molar-refractivity contribution is -0.141. The van der Waals surface area contributed by atoms with E-state index in [-0.39, 0.29) is 12.6 Å². The number of carbonyl (C=O) groups is 1. The van der Waals surface area contributed by atoms with Gasteiger partial charge in [0.15, 0.2) is 0 Å². The smallest absolute Gasteiger partial charge is 0.316 e. The van der Waals surface area contributed by atoms with Crippen LogP contribution in [-0.4, -0.2) is 16.7 Å². The van der Waals surface area contributed by atoms with Crippen LogP contribution < -0.4 is 0 Å². The molecule has 0 bridgehead atoms. The van der Waals surface area contributed by atoms with E-state index in [1.54, 1.807) is 23.1 Å². The van der Waals surface area contributed by atoms with E-state index in [0.717, 1.165) is 27.6 Å². The molecule has 0 saturated carbocycles. The average molecular weight is 424 g/mol. The Bertz CT molecular complexity index is 992. The zero-order valence-electron chi connectivity index (χ0n) is 16.8. The molecule has 0 amide bonds. The molecule has 3 aromatic rings. The van der Waals surface area contributed by atoms with E-state index in [4.69, 9.17) is 4.74 Å². The summed E-state index contributed by atoms with van der Waals surface area (Å²) in [6, 6.07) is 15.0. The molecular weight excluding hydrogens is 398 g/mol. The fraction of sp³-hybridized carbons (Fsp3) is 0.333. The molecule has 5 heteroatoms. The first-order valence-corrected chi connectivity index (χ1v) is 11.9. The van der Waals surface area contributed by atoms with Gasteiger partial charge in [0.2, 0.25) is 0 Å². The number of rotatable bonds is 7. The van der Waals surface area contributed by atoms with E-state index >= 15 is 0 Å². The molecule has 0 aliphatic heterocycles. The molecule has 2 aromatic carbocycles. The number of esters is 1. The van der Waals surface area contributed by atoms with Crippen LogP contribution in [-0.2, 0) is 29.0 Å². The van der Waals surface area contributed by atoms with E-state index < -0.39 is 0 Å². The van der Waals surface area contributed by atoms with Gasteiger partial charge < -0.3 is 4.74 Å². The number of hydrogen-bond donors (Lipinski definition) is 0. The molecule has 1 aromatic heterocycles. The zero-order chi connectivity index (χ0) is 20.2. The first-order chi connectivity index (χ1) is 14.1. The Labute approximate surface area is 180 Å². The highest BCUT2D eigenvalue weighted by molar-refractivity contribution is 8.00.